The van der Waals surface area contributed by atoms with E-state index in [-0.39, 0.29) is 13.2 Å². The Kier molecular flexibility index (Phi) is 12.2. The average Bonchev–Trinajstić information content (AvgIpc) is 3.03. The fourth-order valence-corrected chi connectivity index (χ4v) is 3.20. The van der Waals surface area contributed by atoms with Gasteiger partial charge in [0.2, 0.25) is 0 Å². The molecule has 4 heteroatoms. The van der Waals surface area contributed by atoms with Crippen LogP contribution >= 0.6 is 0 Å². The summed E-state index contributed by atoms with van der Waals surface area (Å²) in [6, 6.07) is 0. The molecule has 0 fully saturated rings. The summed E-state index contributed by atoms with van der Waals surface area (Å²) < 4.78 is 5.16. The van der Waals surface area contributed by atoms with Crippen LogP contribution in [0.1, 0.15) is 72.6 Å². The van der Waals surface area contributed by atoms with E-state index in [2.05, 4.69) is 45.9 Å². The highest BCUT2D eigenvalue weighted by Crippen LogP contribution is 2.20. The number of hydrogen-bond donors (Lipinski definition) is 2. The highest BCUT2D eigenvalue weighted by atomic mass is 16.5. The first-order chi connectivity index (χ1) is 13.8. The SMILES string of the molecule is CC(C)=CCC/C(C)=C/CC/C(C)=C/CC/C(=C\C[C@H]1OC(=O)C=C1CO)CO. The lowest BCUT2D eigenvalue weighted by molar-refractivity contribution is -0.138. The predicted octanol–water partition coefficient (Wildman–Crippen LogP) is 5.34. The Morgan fingerprint density at radius 1 is 0.931 bits per heavy atom. The number of rotatable bonds is 13. The molecule has 1 aliphatic heterocycles. The van der Waals surface area contributed by atoms with Gasteiger partial charge in [-0.05, 0) is 71.8 Å². The monoisotopic (exact) mass is 402 g/mol. The summed E-state index contributed by atoms with van der Waals surface area (Å²) in [5.74, 6) is -0.405. The third-order valence-corrected chi connectivity index (χ3v) is 5.06. The van der Waals surface area contributed by atoms with Gasteiger partial charge in [-0.25, -0.2) is 4.79 Å². The molecule has 0 saturated carbocycles. The van der Waals surface area contributed by atoms with Gasteiger partial charge in [0.1, 0.15) is 6.10 Å². The molecule has 0 unspecified atom stereocenters. The van der Waals surface area contributed by atoms with Crippen molar-refractivity contribution in [2.75, 3.05) is 13.2 Å². The molecule has 0 radical (unpaired) electrons. The van der Waals surface area contributed by atoms with Gasteiger partial charge in [0, 0.05) is 18.1 Å². The molecule has 1 aliphatic rings. The summed E-state index contributed by atoms with van der Waals surface area (Å²) in [5, 5.41) is 18.8. The predicted molar refractivity (Wildman–Crippen MR) is 119 cm³/mol. The number of cyclic esters (lactones) is 1. The van der Waals surface area contributed by atoms with E-state index in [1.54, 1.807) is 0 Å². The molecular formula is C25H38O4. The summed E-state index contributed by atoms with van der Waals surface area (Å²) in [4.78, 5) is 11.3. The van der Waals surface area contributed by atoms with Crippen molar-refractivity contribution in [3.63, 3.8) is 0 Å². The van der Waals surface area contributed by atoms with Gasteiger partial charge in [-0.15, -0.1) is 0 Å². The number of hydrogen-bond acceptors (Lipinski definition) is 4. The average molecular weight is 403 g/mol. The van der Waals surface area contributed by atoms with Crippen LogP contribution in [0.4, 0.5) is 0 Å². The van der Waals surface area contributed by atoms with Crippen LogP contribution < -0.4 is 0 Å². The van der Waals surface area contributed by atoms with Gasteiger partial charge in [-0.3, -0.25) is 0 Å². The molecule has 0 bridgehead atoms. The third kappa shape index (κ3) is 11.0. The van der Waals surface area contributed by atoms with E-state index >= 15 is 0 Å². The molecule has 1 rings (SSSR count). The molecule has 1 heterocycles. The third-order valence-electron chi connectivity index (χ3n) is 5.06. The van der Waals surface area contributed by atoms with E-state index in [1.807, 2.05) is 6.08 Å². The quantitative estimate of drug-likeness (QED) is 0.322. The van der Waals surface area contributed by atoms with Crippen molar-refractivity contribution in [2.45, 2.75) is 78.7 Å². The van der Waals surface area contributed by atoms with Crippen LogP contribution in [0.3, 0.4) is 0 Å². The Morgan fingerprint density at radius 3 is 2.07 bits per heavy atom. The van der Waals surface area contributed by atoms with Gasteiger partial charge >= 0.3 is 5.97 Å². The minimum absolute atomic E-state index is 0.000655. The lowest BCUT2D eigenvalue weighted by atomic mass is 10.0. The Balaban J connectivity index is 2.36. The van der Waals surface area contributed by atoms with Crippen LogP contribution in [-0.4, -0.2) is 35.5 Å². The molecule has 0 aromatic heterocycles. The van der Waals surface area contributed by atoms with Crippen molar-refractivity contribution in [2.24, 2.45) is 0 Å². The first-order valence-electron chi connectivity index (χ1n) is 10.6. The van der Waals surface area contributed by atoms with Crippen molar-refractivity contribution in [1.29, 1.82) is 0 Å². The number of allylic oxidation sites excluding steroid dienone is 6. The number of ether oxygens (including phenoxy) is 1. The van der Waals surface area contributed by atoms with Crippen molar-refractivity contribution in [3.8, 4) is 0 Å². The zero-order chi connectivity index (χ0) is 21.6. The van der Waals surface area contributed by atoms with E-state index in [0.717, 1.165) is 44.1 Å². The minimum Gasteiger partial charge on any atom is -0.454 e. The van der Waals surface area contributed by atoms with Crippen molar-refractivity contribution in [3.05, 3.63) is 58.2 Å². The summed E-state index contributed by atoms with van der Waals surface area (Å²) in [6.45, 7) is 8.46. The molecule has 0 amide bonds. The highest BCUT2D eigenvalue weighted by Gasteiger charge is 2.24. The molecular weight excluding hydrogens is 364 g/mol. The second kappa shape index (κ2) is 14.1. The van der Waals surface area contributed by atoms with Crippen LogP contribution in [0, 0.1) is 0 Å². The number of carbonyl (C=O) groups excluding carboxylic acids is 1. The van der Waals surface area contributed by atoms with Gasteiger partial charge in [-0.1, -0.05) is 41.0 Å². The molecule has 162 valence electrons. The van der Waals surface area contributed by atoms with E-state index < -0.39 is 12.1 Å². The van der Waals surface area contributed by atoms with Gasteiger partial charge in [0.25, 0.3) is 0 Å². The molecule has 1 atom stereocenters. The molecule has 0 aliphatic carbocycles. The maximum atomic E-state index is 11.3. The summed E-state index contributed by atoms with van der Waals surface area (Å²) in [5.41, 5.74) is 5.73. The van der Waals surface area contributed by atoms with Crippen LogP contribution in [0.25, 0.3) is 0 Å². The van der Waals surface area contributed by atoms with Crippen molar-refractivity contribution in [1.82, 2.24) is 0 Å². The molecule has 0 saturated heterocycles. The lowest BCUT2D eigenvalue weighted by Gasteiger charge is -2.11. The minimum atomic E-state index is -0.405. The fourth-order valence-electron chi connectivity index (χ4n) is 3.20. The van der Waals surface area contributed by atoms with E-state index in [4.69, 9.17) is 4.74 Å². The topological polar surface area (TPSA) is 66.8 Å². The Labute approximate surface area is 176 Å². The second-order valence-electron chi connectivity index (χ2n) is 8.06. The molecule has 29 heavy (non-hydrogen) atoms. The van der Waals surface area contributed by atoms with Crippen molar-refractivity contribution >= 4 is 5.97 Å². The van der Waals surface area contributed by atoms with Gasteiger partial charge < -0.3 is 14.9 Å². The Morgan fingerprint density at radius 2 is 1.52 bits per heavy atom. The second-order valence-corrected chi connectivity index (χ2v) is 8.06. The van der Waals surface area contributed by atoms with E-state index in [1.165, 1.54) is 22.8 Å². The summed E-state index contributed by atoms with van der Waals surface area (Å²) >= 11 is 0. The number of aliphatic hydroxyl groups is 2. The molecule has 0 spiro atoms. The van der Waals surface area contributed by atoms with Crippen LogP contribution in [0.5, 0.6) is 0 Å². The van der Waals surface area contributed by atoms with Crippen molar-refractivity contribution < 1.29 is 19.7 Å². The molecule has 0 aromatic carbocycles. The maximum Gasteiger partial charge on any atom is 0.331 e. The van der Waals surface area contributed by atoms with E-state index in [0.29, 0.717) is 12.0 Å². The number of esters is 1. The normalized spacial score (nSPS) is 18.0. The fraction of sp³-hybridized carbons (Fsp3) is 0.560. The molecule has 2 N–H and O–H groups in total. The Bertz CT molecular complexity index is 673. The lowest BCUT2D eigenvalue weighted by Crippen LogP contribution is -2.13. The maximum absolute atomic E-state index is 11.3. The summed E-state index contributed by atoms with van der Waals surface area (Å²) in [6.07, 6.45) is 16.3. The largest absolute Gasteiger partial charge is 0.454 e. The first-order valence-corrected chi connectivity index (χ1v) is 10.6. The van der Waals surface area contributed by atoms with Crippen LogP contribution in [0.15, 0.2) is 58.2 Å². The smallest absolute Gasteiger partial charge is 0.331 e. The zero-order valence-corrected chi connectivity index (χ0v) is 18.5. The number of carbonyl (C=O) groups is 1. The van der Waals surface area contributed by atoms with Gasteiger partial charge in [-0.2, -0.15) is 0 Å². The van der Waals surface area contributed by atoms with Gasteiger partial charge in [0.05, 0.1) is 13.2 Å². The standard InChI is InChI=1S/C25H38O4/c1-19(2)8-5-9-20(3)10-6-11-21(4)12-7-13-22(17-26)14-15-24-23(18-27)16-25(28)29-24/h8,10,12,14,16,24,26-27H,5-7,9,11,13,15,17-18H2,1-4H3/b20-10+,21-12+,22-14+/t24-/m1/s1. The Hall–Kier alpha value is -1.91. The molecule has 0 aromatic rings. The first kappa shape index (κ1) is 25.1. The van der Waals surface area contributed by atoms with Crippen LogP contribution in [0.2, 0.25) is 0 Å². The molecule has 4 nitrogen and oxygen atoms in total. The summed E-state index contributed by atoms with van der Waals surface area (Å²) in [7, 11) is 0. The zero-order valence-electron chi connectivity index (χ0n) is 18.5. The van der Waals surface area contributed by atoms with Crippen LogP contribution in [-0.2, 0) is 9.53 Å². The van der Waals surface area contributed by atoms with E-state index in [9.17, 15) is 15.0 Å². The number of aliphatic hydroxyl groups excluding tert-OH is 2. The highest BCUT2D eigenvalue weighted by molar-refractivity contribution is 5.85. The van der Waals surface area contributed by atoms with Gasteiger partial charge in [0.15, 0.2) is 0 Å².